The highest BCUT2D eigenvalue weighted by molar-refractivity contribution is 8.01. The third kappa shape index (κ3) is 7.61. The Labute approximate surface area is 229 Å². The fourth-order valence-corrected chi connectivity index (χ4v) is 6.15. The van der Waals surface area contributed by atoms with Gasteiger partial charge in [-0.1, -0.05) is 66.4 Å². The lowest BCUT2D eigenvalue weighted by atomic mass is 9.91. The summed E-state index contributed by atoms with van der Waals surface area (Å²) < 4.78 is 13.8. The van der Waals surface area contributed by atoms with Crippen LogP contribution in [0.5, 0.6) is 0 Å². The van der Waals surface area contributed by atoms with E-state index in [1.54, 1.807) is 35.2 Å². The highest BCUT2D eigenvalue weighted by atomic mass is 32.2. The molecule has 202 valence electrons. The molecule has 3 aromatic rings. The predicted octanol–water partition coefficient (Wildman–Crippen LogP) is 5.12. The van der Waals surface area contributed by atoms with Crippen LogP contribution in [0.3, 0.4) is 0 Å². The zero-order chi connectivity index (χ0) is 27.1. The number of hydrogen-bond acceptors (Lipinski definition) is 9. The molecule has 2 heterocycles. The number of carbonyl (C=O) groups excluding carboxylic acids is 1. The summed E-state index contributed by atoms with van der Waals surface area (Å²) in [6.45, 7) is 4.02. The van der Waals surface area contributed by atoms with Gasteiger partial charge in [0.05, 0.1) is 18.8 Å². The number of nitrogens with zero attached hydrogens (tertiary/aromatic N) is 2. The smallest absolute Gasteiger partial charge is 0.303 e. The molecule has 11 heteroatoms. The normalized spacial score (nSPS) is 21.2. The van der Waals surface area contributed by atoms with Gasteiger partial charge in [0.25, 0.3) is 0 Å². The molecule has 0 spiro atoms. The second-order valence-corrected chi connectivity index (χ2v) is 11.6. The number of rotatable bonds is 11. The summed E-state index contributed by atoms with van der Waals surface area (Å²) >= 11 is 3.17. The number of amides is 1. The zero-order valence-electron chi connectivity index (χ0n) is 21.2. The number of hydrogen-bond donors (Lipinski definition) is 3. The number of benzene rings is 2. The first-order chi connectivity index (χ1) is 18.3. The number of thioether (sulfide) groups is 1. The fourth-order valence-electron chi connectivity index (χ4n) is 4.15. The molecule has 1 aromatic heterocycles. The average molecular weight is 558 g/mol. The van der Waals surface area contributed by atoms with E-state index in [-0.39, 0.29) is 49.9 Å². The second-order valence-electron chi connectivity index (χ2n) is 9.14. The first-order valence-corrected chi connectivity index (χ1v) is 14.2. The van der Waals surface area contributed by atoms with E-state index in [1.165, 1.54) is 0 Å². The van der Waals surface area contributed by atoms with Gasteiger partial charge in [0, 0.05) is 35.8 Å². The molecule has 0 saturated carbocycles. The van der Waals surface area contributed by atoms with Crippen molar-refractivity contribution in [2.45, 2.75) is 62.6 Å². The van der Waals surface area contributed by atoms with Gasteiger partial charge in [0.15, 0.2) is 10.6 Å². The van der Waals surface area contributed by atoms with Crippen LogP contribution in [0, 0.1) is 12.8 Å². The molecule has 4 rings (SSSR count). The Bertz CT molecular complexity index is 1220. The monoisotopic (exact) mass is 557 g/mol. The fraction of sp³-hybridized carbons (Fsp3) is 0.407. The van der Waals surface area contributed by atoms with Gasteiger partial charge in [-0.15, -0.1) is 10.2 Å². The number of anilines is 1. The molecule has 2 aromatic carbocycles. The lowest BCUT2D eigenvalue weighted by Crippen LogP contribution is -2.38. The maximum Gasteiger partial charge on any atom is 0.303 e. The minimum atomic E-state index is -0.915. The molecule has 0 aliphatic carbocycles. The average Bonchev–Trinajstić information content (AvgIpc) is 3.33. The Balaban J connectivity index is 1.47. The first-order valence-electron chi connectivity index (χ1n) is 12.4. The van der Waals surface area contributed by atoms with E-state index in [9.17, 15) is 14.7 Å². The number of aliphatic carboxylic acids is 1. The van der Waals surface area contributed by atoms with Crippen molar-refractivity contribution in [1.82, 2.24) is 10.2 Å². The summed E-state index contributed by atoms with van der Waals surface area (Å²) in [5, 5.41) is 30.2. The molecule has 4 atom stereocenters. The Kier molecular flexibility index (Phi) is 9.86. The van der Waals surface area contributed by atoms with Gasteiger partial charge >= 0.3 is 5.97 Å². The minimum absolute atomic E-state index is 0.0178. The molecule has 9 nitrogen and oxygen atoms in total. The van der Waals surface area contributed by atoms with Crippen LogP contribution in [0.15, 0.2) is 52.9 Å². The lowest BCUT2D eigenvalue weighted by Gasteiger charge is -2.41. The second kappa shape index (κ2) is 13.3. The highest BCUT2D eigenvalue weighted by Crippen LogP contribution is 2.43. The van der Waals surface area contributed by atoms with Crippen molar-refractivity contribution in [3.8, 4) is 0 Å². The topological polar surface area (TPSA) is 131 Å². The van der Waals surface area contributed by atoms with Gasteiger partial charge in [0.1, 0.15) is 5.01 Å². The van der Waals surface area contributed by atoms with Crippen LogP contribution in [-0.2, 0) is 25.7 Å². The number of ether oxygens (including phenoxy) is 2. The molecule has 0 bridgehead atoms. The molecular formula is C27H31N3O6S2. The van der Waals surface area contributed by atoms with Crippen LogP contribution in [0.2, 0.25) is 0 Å². The third-order valence-corrected chi connectivity index (χ3v) is 8.32. The van der Waals surface area contributed by atoms with E-state index in [2.05, 4.69) is 22.4 Å². The van der Waals surface area contributed by atoms with Crippen molar-refractivity contribution >= 4 is 40.7 Å². The van der Waals surface area contributed by atoms with Crippen LogP contribution in [0.4, 0.5) is 5.69 Å². The predicted molar refractivity (Wildman–Crippen MR) is 145 cm³/mol. The van der Waals surface area contributed by atoms with Crippen LogP contribution in [0.1, 0.15) is 60.3 Å². The van der Waals surface area contributed by atoms with Crippen molar-refractivity contribution in [3.05, 3.63) is 70.2 Å². The molecule has 3 N–H and O–H groups in total. The minimum Gasteiger partial charge on any atom is -0.481 e. The van der Waals surface area contributed by atoms with Crippen molar-refractivity contribution in [2.24, 2.45) is 5.92 Å². The summed E-state index contributed by atoms with van der Waals surface area (Å²) in [6, 6.07) is 15.1. The van der Waals surface area contributed by atoms with E-state index >= 15 is 0 Å². The molecular weight excluding hydrogens is 526 g/mol. The maximum absolute atomic E-state index is 12.1. The van der Waals surface area contributed by atoms with E-state index in [1.807, 2.05) is 43.3 Å². The Morgan fingerprint density at radius 3 is 2.37 bits per heavy atom. The highest BCUT2D eigenvalue weighted by Gasteiger charge is 2.38. The molecule has 0 radical (unpaired) electrons. The van der Waals surface area contributed by atoms with Gasteiger partial charge in [-0.05, 0) is 36.6 Å². The Morgan fingerprint density at radius 1 is 1.03 bits per heavy atom. The standard InChI is InChI=1S/C27H31N3O6S2/c1-16-22(15-37-27-30-29-17(2)38-27)35-26(36-25(16)19-8-6-18(14-31)7-9-19)20-10-12-21(13-11-20)28-23(32)4-3-5-24(33)34/h6-13,16,22,25-26,31H,3-5,14-15H2,1-2H3,(H,28,32)(H,33,34)/t16-,22+,25+,26+/m0/s1. The van der Waals surface area contributed by atoms with Crippen LogP contribution >= 0.6 is 23.1 Å². The van der Waals surface area contributed by atoms with Crippen molar-refractivity contribution < 1.29 is 29.3 Å². The lowest BCUT2D eigenvalue weighted by molar-refractivity contribution is -0.268. The molecule has 1 amide bonds. The summed E-state index contributed by atoms with van der Waals surface area (Å²) in [5.41, 5.74) is 3.28. The Hall–Kier alpha value is -2.83. The first kappa shape index (κ1) is 28.2. The van der Waals surface area contributed by atoms with Gasteiger partial charge in [-0.3, -0.25) is 9.59 Å². The quantitative estimate of drug-likeness (QED) is 0.275. The van der Waals surface area contributed by atoms with Crippen molar-refractivity contribution in [3.63, 3.8) is 0 Å². The van der Waals surface area contributed by atoms with E-state index in [4.69, 9.17) is 14.6 Å². The Morgan fingerprint density at radius 2 is 1.74 bits per heavy atom. The largest absolute Gasteiger partial charge is 0.481 e. The number of carbonyl (C=O) groups is 2. The van der Waals surface area contributed by atoms with Crippen LogP contribution in [0.25, 0.3) is 0 Å². The van der Waals surface area contributed by atoms with Crippen molar-refractivity contribution in [2.75, 3.05) is 11.1 Å². The summed E-state index contributed by atoms with van der Waals surface area (Å²) in [5.74, 6) is -0.405. The van der Waals surface area contributed by atoms with Gasteiger partial charge in [-0.25, -0.2) is 0 Å². The van der Waals surface area contributed by atoms with E-state index in [0.29, 0.717) is 11.4 Å². The van der Waals surface area contributed by atoms with Crippen molar-refractivity contribution in [1.29, 1.82) is 0 Å². The SMILES string of the molecule is Cc1nnc(SC[C@H]2O[C@@H](c3ccc(NC(=O)CCCC(=O)O)cc3)O[C@@H](c3ccc(CO)cc3)[C@H]2C)s1. The zero-order valence-corrected chi connectivity index (χ0v) is 22.8. The van der Waals surface area contributed by atoms with Gasteiger partial charge < -0.3 is 25.0 Å². The molecule has 38 heavy (non-hydrogen) atoms. The summed E-state index contributed by atoms with van der Waals surface area (Å²) in [7, 11) is 0. The molecule has 0 unspecified atom stereocenters. The maximum atomic E-state index is 12.1. The molecule has 1 fully saturated rings. The van der Waals surface area contributed by atoms with Gasteiger partial charge in [0.2, 0.25) is 5.91 Å². The molecule has 1 aliphatic rings. The van der Waals surface area contributed by atoms with E-state index < -0.39 is 12.3 Å². The number of carboxylic acid groups (broad SMARTS) is 1. The third-order valence-electron chi connectivity index (χ3n) is 6.26. The number of aliphatic hydroxyl groups is 1. The number of nitrogens with one attached hydrogen (secondary N) is 1. The molecule has 1 aliphatic heterocycles. The van der Waals surface area contributed by atoms with Gasteiger partial charge in [-0.2, -0.15) is 0 Å². The van der Waals surface area contributed by atoms with Crippen LogP contribution < -0.4 is 5.32 Å². The molecule has 1 saturated heterocycles. The number of aliphatic hydroxyl groups excluding tert-OH is 1. The summed E-state index contributed by atoms with van der Waals surface area (Å²) in [4.78, 5) is 22.8. The number of carboxylic acids is 1. The van der Waals surface area contributed by atoms with E-state index in [0.717, 1.165) is 26.0 Å². The summed E-state index contributed by atoms with van der Waals surface area (Å²) in [6.07, 6.45) is -0.571. The van der Waals surface area contributed by atoms with Crippen LogP contribution in [-0.4, -0.2) is 44.1 Å². The number of aryl methyl sites for hydroxylation is 1. The number of aromatic nitrogens is 2.